The first-order chi connectivity index (χ1) is 9.67. The van der Waals surface area contributed by atoms with Crippen molar-refractivity contribution in [3.8, 4) is 0 Å². The van der Waals surface area contributed by atoms with Crippen LogP contribution in [-0.2, 0) is 13.5 Å². The Labute approximate surface area is 124 Å². The summed E-state index contributed by atoms with van der Waals surface area (Å²) >= 11 is 1.89. The average Bonchev–Trinajstić information content (AvgIpc) is 3.02. The van der Waals surface area contributed by atoms with Gasteiger partial charge in [-0.2, -0.15) is 0 Å². The number of rotatable bonds is 3. The predicted octanol–water partition coefficient (Wildman–Crippen LogP) is 2.00. The minimum absolute atomic E-state index is 0.334. The van der Waals surface area contributed by atoms with E-state index in [-0.39, 0.29) is 0 Å². The Morgan fingerprint density at radius 2 is 2.30 bits per heavy atom. The van der Waals surface area contributed by atoms with Gasteiger partial charge in [-0.15, -0.1) is 10.2 Å². The second-order valence-electron chi connectivity index (χ2n) is 6.17. The van der Waals surface area contributed by atoms with Crippen molar-refractivity contribution in [2.45, 2.75) is 44.6 Å². The van der Waals surface area contributed by atoms with Crippen molar-refractivity contribution in [1.29, 1.82) is 0 Å². The standard InChI is InChI=1S/C14H23N5S/c1-11-3-6-14(7-4-11)9-20-13(17-14)15-8-5-12-18-16-10-19(12)2/h10-11H,3-9H2,1-2H3,(H,15,17). The van der Waals surface area contributed by atoms with Crippen LogP contribution in [0.2, 0.25) is 0 Å². The lowest BCUT2D eigenvalue weighted by atomic mass is 9.78. The van der Waals surface area contributed by atoms with Gasteiger partial charge in [0.05, 0.1) is 0 Å². The molecule has 1 spiro atoms. The Morgan fingerprint density at radius 1 is 1.50 bits per heavy atom. The van der Waals surface area contributed by atoms with Crippen LogP contribution in [0, 0.1) is 5.92 Å². The van der Waals surface area contributed by atoms with Crippen LogP contribution in [0.3, 0.4) is 0 Å². The largest absolute Gasteiger partial charge is 0.359 e. The first-order valence-electron chi connectivity index (χ1n) is 7.45. The van der Waals surface area contributed by atoms with Crippen LogP contribution in [0.4, 0.5) is 0 Å². The van der Waals surface area contributed by atoms with Crippen molar-refractivity contribution >= 4 is 16.9 Å². The summed E-state index contributed by atoms with van der Waals surface area (Å²) in [7, 11) is 1.98. The summed E-state index contributed by atoms with van der Waals surface area (Å²) in [5.74, 6) is 3.07. The molecule has 0 bridgehead atoms. The van der Waals surface area contributed by atoms with Gasteiger partial charge in [-0.05, 0) is 31.6 Å². The van der Waals surface area contributed by atoms with E-state index >= 15 is 0 Å². The van der Waals surface area contributed by atoms with E-state index in [1.807, 2.05) is 23.4 Å². The molecule has 2 aliphatic rings. The first-order valence-corrected chi connectivity index (χ1v) is 8.44. The molecule has 6 heteroatoms. The van der Waals surface area contributed by atoms with E-state index in [2.05, 4.69) is 22.4 Å². The number of nitrogens with one attached hydrogen (secondary N) is 1. The molecule has 1 aromatic heterocycles. The summed E-state index contributed by atoms with van der Waals surface area (Å²) in [4.78, 5) is 4.70. The van der Waals surface area contributed by atoms with E-state index in [1.165, 1.54) is 31.4 Å². The summed E-state index contributed by atoms with van der Waals surface area (Å²) in [6, 6.07) is 0. The maximum Gasteiger partial charge on any atom is 0.157 e. The number of aromatic nitrogens is 3. The molecule has 0 radical (unpaired) electrons. The molecule has 1 saturated heterocycles. The fraction of sp³-hybridized carbons (Fsp3) is 0.786. The van der Waals surface area contributed by atoms with E-state index in [1.54, 1.807) is 6.33 Å². The van der Waals surface area contributed by atoms with Gasteiger partial charge in [-0.1, -0.05) is 18.7 Å². The van der Waals surface area contributed by atoms with E-state index in [0.29, 0.717) is 5.54 Å². The summed E-state index contributed by atoms with van der Waals surface area (Å²) in [5, 5.41) is 12.8. The third-order valence-electron chi connectivity index (χ3n) is 4.48. The van der Waals surface area contributed by atoms with Gasteiger partial charge in [0.25, 0.3) is 0 Å². The highest BCUT2D eigenvalue weighted by Crippen LogP contribution is 2.38. The van der Waals surface area contributed by atoms with Crippen LogP contribution in [0.1, 0.15) is 38.4 Å². The van der Waals surface area contributed by atoms with Gasteiger partial charge in [0.15, 0.2) is 5.17 Å². The van der Waals surface area contributed by atoms with Crippen LogP contribution in [0.5, 0.6) is 0 Å². The molecule has 1 saturated carbocycles. The van der Waals surface area contributed by atoms with E-state index in [4.69, 9.17) is 4.99 Å². The van der Waals surface area contributed by atoms with Gasteiger partial charge in [-0.25, -0.2) is 0 Å². The van der Waals surface area contributed by atoms with Gasteiger partial charge >= 0.3 is 0 Å². The molecule has 20 heavy (non-hydrogen) atoms. The molecular formula is C14H23N5S. The lowest BCUT2D eigenvalue weighted by Crippen LogP contribution is -2.46. The Hall–Kier alpha value is -1.04. The van der Waals surface area contributed by atoms with Crippen molar-refractivity contribution in [1.82, 2.24) is 20.1 Å². The second-order valence-corrected chi connectivity index (χ2v) is 7.14. The number of nitrogens with zero attached hydrogens (tertiary/aromatic N) is 4. The lowest BCUT2D eigenvalue weighted by molar-refractivity contribution is 0.251. The zero-order valence-electron chi connectivity index (χ0n) is 12.3. The average molecular weight is 293 g/mol. The molecule has 5 nitrogen and oxygen atoms in total. The molecule has 3 rings (SSSR count). The van der Waals surface area contributed by atoms with Crippen molar-refractivity contribution in [2.75, 3.05) is 12.3 Å². The topological polar surface area (TPSA) is 55.1 Å². The molecule has 1 N–H and O–H groups in total. The molecule has 0 amide bonds. The maximum absolute atomic E-state index is 4.70. The predicted molar refractivity (Wildman–Crippen MR) is 83.0 cm³/mol. The van der Waals surface area contributed by atoms with Crippen LogP contribution < -0.4 is 5.32 Å². The first kappa shape index (κ1) is 13.9. The van der Waals surface area contributed by atoms with E-state index in [9.17, 15) is 0 Å². The molecule has 2 heterocycles. The SMILES string of the molecule is CC1CCC2(CC1)CSC(=NCCc1nncn1C)N2. The molecule has 2 fully saturated rings. The monoisotopic (exact) mass is 293 g/mol. The number of aliphatic imine (C=N–C) groups is 1. The van der Waals surface area contributed by atoms with Gasteiger partial charge < -0.3 is 9.88 Å². The van der Waals surface area contributed by atoms with Crippen molar-refractivity contribution in [3.05, 3.63) is 12.2 Å². The highest BCUT2D eigenvalue weighted by atomic mass is 32.2. The number of thioether (sulfide) groups is 1. The number of amidine groups is 1. The summed E-state index contributed by atoms with van der Waals surface area (Å²) in [5.41, 5.74) is 0.334. The van der Waals surface area contributed by atoms with Crippen molar-refractivity contribution in [3.63, 3.8) is 0 Å². The highest BCUT2D eigenvalue weighted by Gasteiger charge is 2.39. The van der Waals surface area contributed by atoms with Crippen LogP contribution in [0.15, 0.2) is 11.3 Å². The van der Waals surface area contributed by atoms with Crippen molar-refractivity contribution in [2.24, 2.45) is 18.0 Å². The Bertz CT molecular complexity index is 488. The molecule has 0 aromatic carbocycles. The minimum Gasteiger partial charge on any atom is -0.359 e. The Morgan fingerprint density at radius 3 is 3.00 bits per heavy atom. The second kappa shape index (κ2) is 5.76. The smallest absolute Gasteiger partial charge is 0.157 e. The molecule has 1 aromatic rings. The lowest BCUT2D eigenvalue weighted by Gasteiger charge is -2.35. The Kier molecular flexibility index (Phi) is 4.01. The zero-order valence-corrected chi connectivity index (χ0v) is 13.1. The molecule has 0 atom stereocenters. The highest BCUT2D eigenvalue weighted by molar-refractivity contribution is 8.14. The van der Waals surface area contributed by atoms with Crippen LogP contribution in [0.25, 0.3) is 0 Å². The zero-order chi connectivity index (χ0) is 14.0. The van der Waals surface area contributed by atoms with E-state index < -0.39 is 0 Å². The van der Waals surface area contributed by atoms with Gasteiger partial charge in [0, 0.05) is 31.3 Å². The minimum atomic E-state index is 0.334. The van der Waals surface area contributed by atoms with Gasteiger partial charge in [0.2, 0.25) is 0 Å². The van der Waals surface area contributed by atoms with Gasteiger partial charge in [0.1, 0.15) is 12.2 Å². The maximum atomic E-state index is 4.70. The number of aryl methyl sites for hydroxylation is 1. The third-order valence-corrected chi connectivity index (χ3v) is 5.69. The fourth-order valence-corrected chi connectivity index (χ4v) is 4.21. The summed E-state index contributed by atoms with van der Waals surface area (Å²) < 4.78 is 1.96. The number of hydrogen-bond donors (Lipinski definition) is 1. The summed E-state index contributed by atoms with van der Waals surface area (Å²) in [6.45, 7) is 3.15. The third kappa shape index (κ3) is 3.00. The fourth-order valence-electron chi connectivity index (χ4n) is 2.97. The molecule has 0 unspecified atom stereocenters. The quantitative estimate of drug-likeness (QED) is 0.926. The molecule has 110 valence electrons. The Balaban J connectivity index is 1.52. The molecular weight excluding hydrogens is 270 g/mol. The molecule has 1 aliphatic heterocycles. The van der Waals surface area contributed by atoms with Crippen LogP contribution in [-0.4, -0.2) is 37.8 Å². The van der Waals surface area contributed by atoms with Crippen molar-refractivity contribution < 1.29 is 0 Å². The summed E-state index contributed by atoms with van der Waals surface area (Å²) in [6.07, 6.45) is 7.88. The van der Waals surface area contributed by atoms with E-state index in [0.717, 1.165) is 29.9 Å². The van der Waals surface area contributed by atoms with Gasteiger partial charge in [-0.3, -0.25) is 4.99 Å². The molecule has 1 aliphatic carbocycles. The van der Waals surface area contributed by atoms with Crippen LogP contribution >= 0.6 is 11.8 Å². The number of hydrogen-bond acceptors (Lipinski definition) is 4. The normalized spacial score (nSPS) is 31.9.